The molecule has 0 aromatic heterocycles. The molecule has 0 spiro atoms. The predicted molar refractivity (Wildman–Crippen MR) is 63.0 cm³/mol. The largest absolute Gasteiger partial charge is 0.478 e. The van der Waals surface area contributed by atoms with E-state index in [1.807, 2.05) is 20.0 Å². The lowest BCUT2D eigenvalue weighted by Gasteiger charge is -2.18. The Bertz CT molecular complexity index is 224. The molecule has 0 aromatic carbocycles. The molecule has 0 aliphatic carbocycles. The number of aliphatic carboxylic acids is 1. The van der Waals surface area contributed by atoms with E-state index in [-0.39, 0.29) is 0 Å². The number of likely N-dealkylation sites (N-methyl/N-ethyl adjacent to an activating group) is 1. The van der Waals surface area contributed by atoms with Crippen molar-refractivity contribution in [3.8, 4) is 0 Å². The SMILES string of the molecule is CCC(=CCN(C)CC(C)CC)C(=O)O. The number of nitrogens with zero attached hydrogens (tertiary/aromatic N) is 1. The molecule has 3 nitrogen and oxygen atoms in total. The quantitative estimate of drug-likeness (QED) is 0.660. The van der Waals surface area contributed by atoms with Crippen molar-refractivity contribution in [3.05, 3.63) is 11.6 Å². The third-order valence-electron chi connectivity index (χ3n) is 2.63. The fourth-order valence-electron chi connectivity index (χ4n) is 1.38. The number of carboxylic acids is 1. The van der Waals surface area contributed by atoms with E-state index in [0.717, 1.165) is 19.5 Å². The van der Waals surface area contributed by atoms with E-state index >= 15 is 0 Å². The van der Waals surface area contributed by atoms with Gasteiger partial charge in [-0.1, -0.05) is 33.3 Å². The third kappa shape index (κ3) is 6.28. The maximum absolute atomic E-state index is 10.7. The van der Waals surface area contributed by atoms with Crippen LogP contribution in [-0.4, -0.2) is 36.1 Å². The molecule has 88 valence electrons. The molecule has 3 heteroatoms. The first-order chi connectivity index (χ1) is 7.01. The van der Waals surface area contributed by atoms with Crippen molar-refractivity contribution in [2.75, 3.05) is 20.1 Å². The second-order valence-electron chi connectivity index (χ2n) is 4.12. The van der Waals surface area contributed by atoms with Gasteiger partial charge in [-0.15, -0.1) is 0 Å². The highest BCUT2D eigenvalue weighted by Gasteiger charge is 2.06. The summed E-state index contributed by atoms with van der Waals surface area (Å²) in [7, 11) is 2.03. The Labute approximate surface area is 92.8 Å². The second kappa shape index (κ2) is 7.46. The van der Waals surface area contributed by atoms with Gasteiger partial charge in [-0.05, 0) is 19.4 Å². The molecule has 0 amide bonds. The van der Waals surface area contributed by atoms with E-state index in [4.69, 9.17) is 5.11 Å². The van der Waals surface area contributed by atoms with Crippen LogP contribution >= 0.6 is 0 Å². The van der Waals surface area contributed by atoms with Crippen LogP contribution in [0.4, 0.5) is 0 Å². The molecular formula is C12H23NO2. The van der Waals surface area contributed by atoms with Gasteiger partial charge >= 0.3 is 5.97 Å². The summed E-state index contributed by atoms with van der Waals surface area (Å²) in [4.78, 5) is 12.9. The topological polar surface area (TPSA) is 40.5 Å². The monoisotopic (exact) mass is 213 g/mol. The summed E-state index contributed by atoms with van der Waals surface area (Å²) < 4.78 is 0. The van der Waals surface area contributed by atoms with Crippen molar-refractivity contribution in [2.24, 2.45) is 5.92 Å². The Kier molecular flexibility index (Phi) is 7.05. The zero-order valence-electron chi connectivity index (χ0n) is 10.3. The zero-order valence-corrected chi connectivity index (χ0v) is 10.3. The molecule has 0 fully saturated rings. The van der Waals surface area contributed by atoms with E-state index in [0.29, 0.717) is 17.9 Å². The van der Waals surface area contributed by atoms with Gasteiger partial charge in [0, 0.05) is 18.7 Å². The van der Waals surface area contributed by atoms with Gasteiger partial charge in [-0.25, -0.2) is 4.79 Å². The van der Waals surface area contributed by atoms with Crippen molar-refractivity contribution >= 4 is 5.97 Å². The summed E-state index contributed by atoms with van der Waals surface area (Å²) in [5.74, 6) is -0.132. The van der Waals surface area contributed by atoms with Gasteiger partial charge in [0.05, 0.1) is 0 Å². The Hall–Kier alpha value is -0.830. The highest BCUT2D eigenvalue weighted by molar-refractivity contribution is 5.86. The Morgan fingerprint density at radius 1 is 1.47 bits per heavy atom. The van der Waals surface area contributed by atoms with Crippen LogP contribution in [0.5, 0.6) is 0 Å². The third-order valence-corrected chi connectivity index (χ3v) is 2.63. The molecule has 1 atom stereocenters. The maximum Gasteiger partial charge on any atom is 0.331 e. The lowest BCUT2D eigenvalue weighted by Crippen LogP contribution is -2.24. The van der Waals surface area contributed by atoms with Crippen LogP contribution in [0.15, 0.2) is 11.6 Å². The molecule has 1 unspecified atom stereocenters. The van der Waals surface area contributed by atoms with Crippen LogP contribution in [0, 0.1) is 5.92 Å². The Morgan fingerprint density at radius 2 is 2.07 bits per heavy atom. The van der Waals surface area contributed by atoms with E-state index < -0.39 is 5.97 Å². The molecule has 0 rings (SSSR count). The van der Waals surface area contributed by atoms with Crippen molar-refractivity contribution in [3.63, 3.8) is 0 Å². The molecule has 0 heterocycles. The molecule has 0 bridgehead atoms. The lowest BCUT2D eigenvalue weighted by atomic mass is 10.1. The fourth-order valence-corrected chi connectivity index (χ4v) is 1.38. The van der Waals surface area contributed by atoms with E-state index in [1.54, 1.807) is 0 Å². The van der Waals surface area contributed by atoms with Gasteiger partial charge in [0.1, 0.15) is 0 Å². The highest BCUT2D eigenvalue weighted by Crippen LogP contribution is 2.04. The van der Waals surface area contributed by atoms with E-state index in [1.165, 1.54) is 0 Å². The molecule has 0 aliphatic heterocycles. The van der Waals surface area contributed by atoms with Crippen LogP contribution in [-0.2, 0) is 4.79 Å². The summed E-state index contributed by atoms with van der Waals surface area (Å²) in [6.45, 7) is 7.99. The number of rotatable bonds is 7. The summed E-state index contributed by atoms with van der Waals surface area (Å²) >= 11 is 0. The minimum atomic E-state index is -0.797. The van der Waals surface area contributed by atoms with Crippen LogP contribution < -0.4 is 0 Å². The van der Waals surface area contributed by atoms with Crippen molar-refractivity contribution < 1.29 is 9.90 Å². The lowest BCUT2D eigenvalue weighted by molar-refractivity contribution is -0.132. The highest BCUT2D eigenvalue weighted by atomic mass is 16.4. The minimum absolute atomic E-state index is 0.506. The van der Waals surface area contributed by atoms with Crippen molar-refractivity contribution in [1.29, 1.82) is 0 Å². The van der Waals surface area contributed by atoms with Gasteiger partial charge < -0.3 is 10.0 Å². The molecular weight excluding hydrogens is 190 g/mol. The molecule has 0 saturated heterocycles. The van der Waals surface area contributed by atoms with Crippen LogP contribution in [0.3, 0.4) is 0 Å². The van der Waals surface area contributed by atoms with Gasteiger partial charge in [0.2, 0.25) is 0 Å². The normalized spacial score (nSPS) is 14.3. The van der Waals surface area contributed by atoms with Gasteiger partial charge in [0.25, 0.3) is 0 Å². The smallest absolute Gasteiger partial charge is 0.331 e. The van der Waals surface area contributed by atoms with E-state index in [9.17, 15) is 4.79 Å². The van der Waals surface area contributed by atoms with Gasteiger partial charge in [-0.2, -0.15) is 0 Å². The van der Waals surface area contributed by atoms with Crippen molar-refractivity contribution in [1.82, 2.24) is 4.90 Å². The minimum Gasteiger partial charge on any atom is -0.478 e. The van der Waals surface area contributed by atoms with Gasteiger partial charge in [0.15, 0.2) is 0 Å². The molecule has 1 N–H and O–H groups in total. The molecule has 0 saturated carbocycles. The van der Waals surface area contributed by atoms with Crippen LogP contribution in [0.1, 0.15) is 33.6 Å². The first-order valence-electron chi connectivity index (χ1n) is 5.62. The molecule has 0 aromatic rings. The first-order valence-corrected chi connectivity index (χ1v) is 5.62. The number of hydrogen-bond acceptors (Lipinski definition) is 2. The standard InChI is InChI=1S/C12H23NO2/c1-5-10(3)9-13(4)8-7-11(6-2)12(14)15/h7,10H,5-6,8-9H2,1-4H3,(H,14,15). The molecule has 0 aliphatic rings. The summed E-state index contributed by atoms with van der Waals surface area (Å²) in [6, 6.07) is 0. The second-order valence-corrected chi connectivity index (χ2v) is 4.12. The molecule has 15 heavy (non-hydrogen) atoms. The van der Waals surface area contributed by atoms with Gasteiger partial charge in [-0.3, -0.25) is 0 Å². The van der Waals surface area contributed by atoms with Crippen molar-refractivity contribution in [2.45, 2.75) is 33.6 Å². The Morgan fingerprint density at radius 3 is 2.47 bits per heavy atom. The number of carboxylic acid groups (broad SMARTS) is 1. The average molecular weight is 213 g/mol. The van der Waals surface area contributed by atoms with Crippen LogP contribution in [0.2, 0.25) is 0 Å². The summed E-state index contributed by atoms with van der Waals surface area (Å²) in [5, 5.41) is 8.83. The maximum atomic E-state index is 10.7. The number of hydrogen-bond donors (Lipinski definition) is 1. The van der Waals surface area contributed by atoms with Crippen LogP contribution in [0.25, 0.3) is 0 Å². The summed E-state index contributed by atoms with van der Waals surface area (Å²) in [6.07, 6.45) is 3.56. The Balaban J connectivity index is 4.06. The number of carbonyl (C=O) groups is 1. The zero-order chi connectivity index (χ0) is 11.8. The predicted octanol–water partition coefficient (Wildman–Crippen LogP) is 2.39. The molecule has 0 radical (unpaired) electrons. The van der Waals surface area contributed by atoms with E-state index in [2.05, 4.69) is 18.7 Å². The first kappa shape index (κ1) is 14.2. The fraction of sp³-hybridized carbons (Fsp3) is 0.750. The summed E-state index contributed by atoms with van der Waals surface area (Å²) in [5.41, 5.74) is 0.506. The average Bonchev–Trinajstić information content (AvgIpc) is 2.17.